The summed E-state index contributed by atoms with van der Waals surface area (Å²) in [7, 11) is 0. The first-order valence-electron chi connectivity index (χ1n) is 8.08. The zero-order valence-corrected chi connectivity index (χ0v) is 13.5. The second-order valence-corrected chi connectivity index (χ2v) is 5.32. The predicted octanol–water partition coefficient (Wildman–Crippen LogP) is 5.14. The van der Waals surface area contributed by atoms with Crippen LogP contribution < -0.4 is 4.74 Å². The van der Waals surface area contributed by atoms with Crippen molar-refractivity contribution in [3.63, 3.8) is 0 Å². The molecular weight excluding hydrogens is 284 g/mol. The largest absolute Gasteiger partial charge is 0.492 e. The summed E-state index contributed by atoms with van der Waals surface area (Å²) < 4.78 is 5.70. The topological polar surface area (TPSA) is 45.9 Å². The molecule has 0 aliphatic heterocycles. The van der Waals surface area contributed by atoms with Gasteiger partial charge in [-0.15, -0.1) is 0 Å². The molecule has 0 radical (unpaired) electrons. The van der Waals surface area contributed by atoms with Crippen molar-refractivity contribution in [2.45, 2.75) is 32.6 Å². The minimum Gasteiger partial charge on any atom is -0.492 e. The average Bonchev–Trinajstić information content (AvgIpc) is 2.61. The Morgan fingerprint density at radius 2 is 1.87 bits per heavy atom. The van der Waals surface area contributed by atoms with Gasteiger partial charge in [0.15, 0.2) is 0 Å². The molecule has 0 saturated heterocycles. The number of allylic oxidation sites excluding steroid dienone is 2. The van der Waals surface area contributed by atoms with E-state index >= 15 is 0 Å². The van der Waals surface area contributed by atoms with Crippen LogP contribution >= 0.6 is 0 Å². The van der Waals surface area contributed by atoms with E-state index in [0.29, 0.717) is 12.2 Å². The summed E-state index contributed by atoms with van der Waals surface area (Å²) in [6, 6.07) is 13.4. The van der Waals surface area contributed by atoms with Crippen molar-refractivity contribution in [2.24, 2.45) is 0 Å². The normalized spacial score (nSPS) is 10.6. The van der Waals surface area contributed by atoms with Crippen molar-refractivity contribution < 1.29 is 4.74 Å². The Morgan fingerprint density at radius 1 is 1.09 bits per heavy atom. The lowest BCUT2D eigenvalue weighted by atomic mass is 10.1. The number of nitrogens with zero attached hydrogens (tertiary/aromatic N) is 2. The number of benzene rings is 1. The van der Waals surface area contributed by atoms with Gasteiger partial charge in [-0.3, -0.25) is 4.98 Å². The second-order valence-electron chi connectivity index (χ2n) is 5.32. The van der Waals surface area contributed by atoms with Gasteiger partial charge in [-0.25, -0.2) is 0 Å². The average molecular weight is 306 g/mol. The van der Waals surface area contributed by atoms with E-state index in [1.54, 1.807) is 18.3 Å². The van der Waals surface area contributed by atoms with E-state index in [9.17, 15) is 0 Å². The molecule has 0 N–H and O–H groups in total. The number of aromatic nitrogens is 1. The van der Waals surface area contributed by atoms with Crippen LogP contribution in [0.5, 0.6) is 5.75 Å². The Kier molecular flexibility index (Phi) is 6.87. The molecule has 0 amide bonds. The van der Waals surface area contributed by atoms with Gasteiger partial charge in [-0.2, -0.15) is 5.26 Å². The van der Waals surface area contributed by atoms with Gasteiger partial charge in [-0.1, -0.05) is 37.6 Å². The van der Waals surface area contributed by atoms with Crippen LogP contribution in [-0.4, -0.2) is 11.6 Å². The van der Waals surface area contributed by atoms with E-state index in [0.717, 1.165) is 36.3 Å². The van der Waals surface area contributed by atoms with E-state index in [-0.39, 0.29) is 0 Å². The maximum absolute atomic E-state index is 8.81. The van der Waals surface area contributed by atoms with Crippen molar-refractivity contribution >= 4 is 0 Å². The summed E-state index contributed by atoms with van der Waals surface area (Å²) in [6.45, 7) is 2.89. The first-order chi connectivity index (χ1) is 11.3. The van der Waals surface area contributed by atoms with Crippen LogP contribution in [0.3, 0.4) is 0 Å². The monoisotopic (exact) mass is 306 g/mol. The molecule has 1 aromatic carbocycles. The van der Waals surface area contributed by atoms with Crippen LogP contribution in [0.4, 0.5) is 0 Å². The molecule has 0 fully saturated rings. The summed E-state index contributed by atoms with van der Waals surface area (Å²) in [5.74, 6) is 0.792. The van der Waals surface area contributed by atoms with E-state index in [1.807, 2.05) is 24.3 Å². The van der Waals surface area contributed by atoms with Crippen LogP contribution in [0.15, 0.2) is 54.7 Å². The summed E-state index contributed by atoms with van der Waals surface area (Å²) >= 11 is 0. The molecule has 1 heterocycles. The van der Waals surface area contributed by atoms with Gasteiger partial charge in [0, 0.05) is 5.56 Å². The molecule has 0 unspecified atom stereocenters. The minimum absolute atomic E-state index is 0.654. The van der Waals surface area contributed by atoms with Crippen LogP contribution in [0.1, 0.15) is 38.2 Å². The van der Waals surface area contributed by atoms with Gasteiger partial charge >= 0.3 is 0 Å². The van der Waals surface area contributed by atoms with Crippen LogP contribution in [0.2, 0.25) is 0 Å². The van der Waals surface area contributed by atoms with Gasteiger partial charge in [0.25, 0.3) is 0 Å². The Balaban J connectivity index is 1.81. The zero-order valence-electron chi connectivity index (χ0n) is 13.5. The molecule has 1 aromatic heterocycles. The summed E-state index contributed by atoms with van der Waals surface area (Å²) in [6.07, 6.45) is 10.6. The molecule has 2 rings (SSSR count). The van der Waals surface area contributed by atoms with Crippen molar-refractivity contribution in [2.75, 3.05) is 6.61 Å². The number of unbranched alkanes of at least 4 members (excludes halogenated alkanes) is 2. The fourth-order valence-electron chi connectivity index (χ4n) is 2.15. The highest BCUT2D eigenvalue weighted by molar-refractivity contribution is 5.60. The Labute approximate surface area is 138 Å². The van der Waals surface area contributed by atoms with Crippen molar-refractivity contribution in [3.05, 3.63) is 60.3 Å². The standard InChI is InChI=1S/C20H22N2O/c1-2-3-4-5-6-7-14-23-19-12-13-20(22-16-19)18-10-8-17(15-21)9-11-18/h4-5,8-13,16H,2-3,6-7,14H2,1H3/b5-4+. The van der Waals surface area contributed by atoms with E-state index in [1.165, 1.54) is 6.42 Å². The fourth-order valence-corrected chi connectivity index (χ4v) is 2.15. The third kappa shape index (κ3) is 5.60. The lowest BCUT2D eigenvalue weighted by Gasteiger charge is -2.06. The molecule has 3 nitrogen and oxygen atoms in total. The zero-order chi connectivity index (χ0) is 16.3. The maximum Gasteiger partial charge on any atom is 0.137 e. The van der Waals surface area contributed by atoms with Gasteiger partial charge in [0.05, 0.1) is 30.1 Å². The predicted molar refractivity (Wildman–Crippen MR) is 93.2 cm³/mol. The highest BCUT2D eigenvalue weighted by Gasteiger charge is 2.01. The van der Waals surface area contributed by atoms with Gasteiger partial charge in [0.2, 0.25) is 0 Å². The van der Waals surface area contributed by atoms with Gasteiger partial charge in [0.1, 0.15) is 5.75 Å². The SMILES string of the molecule is CCC/C=C/CCCOc1ccc(-c2ccc(C#N)cc2)nc1. The minimum atomic E-state index is 0.654. The van der Waals surface area contributed by atoms with E-state index in [4.69, 9.17) is 10.00 Å². The maximum atomic E-state index is 8.81. The Hall–Kier alpha value is -2.60. The molecule has 0 aliphatic carbocycles. The number of ether oxygens (including phenoxy) is 1. The molecular formula is C20H22N2O. The van der Waals surface area contributed by atoms with Crippen molar-refractivity contribution in [3.8, 4) is 23.1 Å². The molecule has 0 atom stereocenters. The van der Waals surface area contributed by atoms with Crippen molar-refractivity contribution in [1.82, 2.24) is 4.98 Å². The quantitative estimate of drug-likeness (QED) is 0.501. The van der Waals surface area contributed by atoms with Gasteiger partial charge in [-0.05, 0) is 43.5 Å². The lowest BCUT2D eigenvalue weighted by Crippen LogP contribution is -1.97. The highest BCUT2D eigenvalue weighted by Crippen LogP contribution is 2.20. The van der Waals surface area contributed by atoms with Crippen LogP contribution in [0, 0.1) is 11.3 Å². The van der Waals surface area contributed by atoms with Crippen LogP contribution in [-0.2, 0) is 0 Å². The smallest absolute Gasteiger partial charge is 0.137 e. The van der Waals surface area contributed by atoms with Crippen molar-refractivity contribution in [1.29, 1.82) is 5.26 Å². The molecule has 0 spiro atoms. The fraction of sp³-hybridized carbons (Fsp3) is 0.300. The Bertz CT molecular complexity index is 652. The first-order valence-corrected chi connectivity index (χ1v) is 8.08. The number of hydrogen-bond donors (Lipinski definition) is 0. The number of hydrogen-bond acceptors (Lipinski definition) is 3. The molecule has 2 aromatic rings. The summed E-state index contributed by atoms with van der Waals surface area (Å²) in [5.41, 5.74) is 2.53. The van der Waals surface area contributed by atoms with Crippen LogP contribution in [0.25, 0.3) is 11.3 Å². The second kappa shape index (κ2) is 9.42. The Morgan fingerprint density at radius 3 is 2.52 bits per heavy atom. The molecule has 3 heteroatoms. The first kappa shape index (κ1) is 16.8. The molecule has 0 bridgehead atoms. The molecule has 118 valence electrons. The molecule has 0 saturated carbocycles. The van der Waals surface area contributed by atoms with E-state index in [2.05, 4.69) is 30.1 Å². The molecule has 0 aliphatic rings. The number of rotatable bonds is 8. The highest BCUT2D eigenvalue weighted by atomic mass is 16.5. The summed E-state index contributed by atoms with van der Waals surface area (Å²) in [5, 5.41) is 8.81. The summed E-state index contributed by atoms with van der Waals surface area (Å²) in [4.78, 5) is 4.42. The number of nitriles is 1. The van der Waals surface area contributed by atoms with Gasteiger partial charge < -0.3 is 4.74 Å². The number of pyridine rings is 1. The molecule has 23 heavy (non-hydrogen) atoms. The third-order valence-corrected chi connectivity index (χ3v) is 3.45. The van der Waals surface area contributed by atoms with E-state index < -0.39 is 0 Å². The lowest BCUT2D eigenvalue weighted by molar-refractivity contribution is 0.311. The third-order valence-electron chi connectivity index (χ3n) is 3.45.